The lowest BCUT2D eigenvalue weighted by Gasteiger charge is -2.02. The summed E-state index contributed by atoms with van der Waals surface area (Å²) in [5.41, 5.74) is 4.13. The first-order valence-corrected chi connectivity index (χ1v) is 7.03. The molecule has 0 atom stereocenters. The lowest BCUT2D eigenvalue weighted by molar-refractivity contribution is 0.0948. The molecule has 0 aliphatic carbocycles. The second-order valence-electron chi connectivity index (χ2n) is 5.05. The van der Waals surface area contributed by atoms with E-state index in [0.717, 1.165) is 35.6 Å². The molecule has 2 aromatic heterocycles. The van der Waals surface area contributed by atoms with Crippen molar-refractivity contribution in [2.24, 2.45) is 7.05 Å². The van der Waals surface area contributed by atoms with Crippen molar-refractivity contribution >= 4 is 5.91 Å². The Kier molecular flexibility index (Phi) is 4.74. The molecule has 2 rings (SSSR count). The van der Waals surface area contributed by atoms with E-state index in [1.165, 1.54) is 0 Å². The number of nitrogens with one attached hydrogen (secondary N) is 3. The summed E-state index contributed by atoms with van der Waals surface area (Å²) in [6.45, 7) is 5.44. The number of carbonyl (C=O) groups excluding carboxylic acids is 1. The van der Waals surface area contributed by atoms with Gasteiger partial charge in [-0.05, 0) is 39.9 Å². The van der Waals surface area contributed by atoms with E-state index in [9.17, 15) is 4.79 Å². The molecule has 2 heterocycles. The quantitative estimate of drug-likeness (QED) is 0.686. The number of aryl methyl sites for hydroxylation is 2. The highest BCUT2D eigenvalue weighted by molar-refractivity contribution is 5.93. The number of hydrogen-bond donors (Lipinski definition) is 3. The third-order valence-electron chi connectivity index (χ3n) is 3.48. The van der Waals surface area contributed by atoms with Crippen molar-refractivity contribution in [3.63, 3.8) is 0 Å². The molecule has 2 aromatic rings. The van der Waals surface area contributed by atoms with Crippen molar-refractivity contribution in [2.45, 2.75) is 20.3 Å². The molecule has 0 bridgehead atoms. The Bertz CT molecular complexity index is 627. The Balaban J connectivity index is 2.09. The summed E-state index contributed by atoms with van der Waals surface area (Å²) >= 11 is 0. The molecule has 0 aliphatic rings. The van der Waals surface area contributed by atoms with E-state index in [1.807, 2.05) is 32.6 Å². The average Bonchev–Trinajstić information content (AvgIpc) is 3.01. The van der Waals surface area contributed by atoms with E-state index in [1.54, 1.807) is 6.07 Å². The molecule has 0 fully saturated rings. The zero-order valence-electron chi connectivity index (χ0n) is 12.9. The Labute approximate surface area is 124 Å². The summed E-state index contributed by atoms with van der Waals surface area (Å²) in [6.07, 6.45) is 0.893. The second-order valence-corrected chi connectivity index (χ2v) is 5.05. The Hall–Kier alpha value is -2.15. The van der Waals surface area contributed by atoms with E-state index >= 15 is 0 Å². The molecular weight excluding hydrogens is 268 g/mol. The molecule has 0 aromatic carbocycles. The normalized spacial score (nSPS) is 10.9. The van der Waals surface area contributed by atoms with Gasteiger partial charge in [-0.25, -0.2) is 0 Å². The SMILES string of the molecule is CNCCCNC(=O)c1cc(-c2c(C)nn(C)c2C)n[nH]1. The van der Waals surface area contributed by atoms with Crippen molar-refractivity contribution in [3.8, 4) is 11.3 Å². The molecule has 7 nitrogen and oxygen atoms in total. The van der Waals surface area contributed by atoms with Gasteiger partial charge in [0, 0.05) is 24.8 Å². The second kappa shape index (κ2) is 6.53. The fourth-order valence-corrected chi connectivity index (χ4v) is 2.27. The molecule has 0 saturated carbocycles. The zero-order chi connectivity index (χ0) is 15.4. The number of hydrogen-bond acceptors (Lipinski definition) is 4. The van der Waals surface area contributed by atoms with E-state index in [0.29, 0.717) is 12.2 Å². The molecule has 0 aliphatic heterocycles. The minimum Gasteiger partial charge on any atom is -0.351 e. The minimum absolute atomic E-state index is 0.135. The van der Waals surface area contributed by atoms with E-state index in [-0.39, 0.29) is 5.91 Å². The van der Waals surface area contributed by atoms with Crippen LogP contribution in [0.4, 0.5) is 0 Å². The van der Waals surface area contributed by atoms with Gasteiger partial charge in [0.15, 0.2) is 0 Å². The molecular formula is C14H22N6O. The standard InChI is InChI=1S/C14H22N6O/c1-9-13(10(2)20(4)19-9)11-8-12(18-17-11)14(21)16-7-5-6-15-3/h8,15H,5-7H2,1-4H3,(H,16,21)(H,17,18). The van der Waals surface area contributed by atoms with Crippen molar-refractivity contribution in [2.75, 3.05) is 20.1 Å². The summed E-state index contributed by atoms with van der Waals surface area (Å²) in [4.78, 5) is 12.0. The lowest BCUT2D eigenvalue weighted by atomic mass is 10.1. The van der Waals surface area contributed by atoms with Gasteiger partial charge in [-0.1, -0.05) is 0 Å². The van der Waals surface area contributed by atoms with Gasteiger partial charge in [-0.2, -0.15) is 10.2 Å². The maximum absolute atomic E-state index is 12.0. The molecule has 1 amide bonds. The predicted molar refractivity (Wildman–Crippen MR) is 81.1 cm³/mol. The Morgan fingerprint density at radius 2 is 2.14 bits per heavy atom. The highest BCUT2D eigenvalue weighted by Gasteiger charge is 2.16. The van der Waals surface area contributed by atoms with Crippen LogP contribution in [0.1, 0.15) is 28.3 Å². The first-order valence-electron chi connectivity index (χ1n) is 7.03. The van der Waals surface area contributed by atoms with Crippen molar-refractivity contribution < 1.29 is 4.79 Å². The van der Waals surface area contributed by atoms with E-state index < -0.39 is 0 Å². The summed E-state index contributed by atoms with van der Waals surface area (Å²) in [5, 5.41) is 17.3. The van der Waals surface area contributed by atoms with Crippen molar-refractivity contribution in [3.05, 3.63) is 23.1 Å². The third-order valence-corrected chi connectivity index (χ3v) is 3.48. The number of carbonyl (C=O) groups is 1. The highest BCUT2D eigenvalue weighted by Crippen LogP contribution is 2.24. The lowest BCUT2D eigenvalue weighted by Crippen LogP contribution is -2.26. The summed E-state index contributed by atoms with van der Waals surface area (Å²) in [6, 6.07) is 1.77. The van der Waals surface area contributed by atoms with Gasteiger partial charge in [0.05, 0.1) is 11.4 Å². The van der Waals surface area contributed by atoms with Crippen LogP contribution in [0.2, 0.25) is 0 Å². The van der Waals surface area contributed by atoms with Gasteiger partial charge in [0.2, 0.25) is 0 Å². The van der Waals surface area contributed by atoms with Gasteiger partial charge >= 0.3 is 0 Å². The fourth-order valence-electron chi connectivity index (χ4n) is 2.27. The third kappa shape index (κ3) is 3.30. The van der Waals surface area contributed by atoms with Crippen LogP contribution in [0.5, 0.6) is 0 Å². The van der Waals surface area contributed by atoms with Crippen LogP contribution in [0.3, 0.4) is 0 Å². The van der Waals surface area contributed by atoms with Gasteiger partial charge in [-0.15, -0.1) is 0 Å². The zero-order valence-corrected chi connectivity index (χ0v) is 12.9. The summed E-state index contributed by atoms with van der Waals surface area (Å²) in [5.74, 6) is -0.135. The van der Waals surface area contributed by atoms with Crippen LogP contribution < -0.4 is 10.6 Å². The predicted octanol–water partition coefficient (Wildman–Crippen LogP) is 0.766. The number of aromatic amines is 1. The first-order chi connectivity index (χ1) is 10.0. The molecule has 0 unspecified atom stereocenters. The summed E-state index contributed by atoms with van der Waals surface area (Å²) < 4.78 is 1.82. The van der Waals surface area contributed by atoms with E-state index in [4.69, 9.17) is 0 Å². The Morgan fingerprint density at radius 3 is 2.76 bits per heavy atom. The smallest absolute Gasteiger partial charge is 0.269 e. The monoisotopic (exact) mass is 290 g/mol. The molecule has 7 heteroatoms. The van der Waals surface area contributed by atoms with Crippen LogP contribution in [-0.2, 0) is 7.05 Å². The first kappa shape index (κ1) is 15.2. The molecule has 114 valence electrons. The van der Waals surface area contributed by atoms with Crippen LogP contribution in [0.15, 0.2) is 6.07 Å². The minimum atomic E-state index is -0.135. The average molecular weight is 290 g/mol. The van der Waals surface area contributed by atoms with Gasteiger partial charge in [0.25, 0.3) is 5.91 Å². The van der Waals surface area contributed by atoms with Gasteiger partial charge < -0.3 is 10.6 Å². The van der Waals surface area contributed by atoms with Crippen molar-refractivity contribution in [1.82, 2.24) is 30.6 Å². The summed E-state index contributed by atoms with van der Waals surface area (Å²) in [7, 11) is 3.79. The number of rotatable bonds is 6. The molecule has 0 saturated heterocycles. The van der Waals surface area contributed by atoms with Crippen LogP contribution in [-0.4, -0.2) is 46.0 Å². The van der Waals surface area contributed by atoms with Crippen molar-refractivity contribution in [1.29, 1.82) is 0 Å². The molecule has 0 radical (unpaired) electrons. The van der Waals surface area contributed by atoms with Gasteiger partial charge in [-0.3, -0.25) is 14.6 Å². The van der Waals surface area contributed by atoms with E-state index in [2.05, 4.69) is 25.9 Å². The maximum Gasteiger partial charge on any atom is 0.269 e. The number of amides is 1. The number of H-pyrrole nitrogens is 1. The largest absolute Gasteiger partial charge is 0.351 e. The topological polar surface area (TPSA) is 87.6 Å². The number of aromatic nitrogens is 4. The molecule has 3 N–H and O–H groups in total. The number of nitrogens with zero attached hydrogens (tertiary/aromatic N) is 3. The fraction of sp³-hybridized carbons (Fsp3) is 0.500. The molecule has 0 spiro atoms. The molecule has 21 heavy (non-hydrogen) atoms. The highest BCUT2D eigenvalue weighted by atomic mass is 16.1. The Morgan fingerprint density at radius 1 is 1.38 bits per heavy atom. The maximum atomic E-state index is 12.0. The van der Waals surface area contributed by atoms with Crippen LogP contribution in [0, 0.1) is 13.8 Å². The van der Waals surface area contributed by atoms with Crippen LogP contribution >= 0.6 is 0 Å². The van der Waals surface area contributed by atoms with Gasteiger partial charge in [0.1, 0.15) is 5.69 Å². The van der Waals surface area contributed by atoms with Crippen LogP contribution in [0.25, 0.3) is 11.3 Å².